The number of nitrogens with one attached hydrogen (secondary N) is 1. The molecule has 4 rings (SSSR count). The van der Waals surface area contributed by atoms with Crippen molar-refractivity contribution in [1.82, 2.24) is 19.6 Å². The first kappa shape index (κ1) is 16.4. The molecule has 26 heavy (non-hydrogen) atoms. The lowest BCUT2D eigenvalue weighted by Gasteiger charge is -2.12. The van der Waals surface area contributed by atoms with Gasteiger partial charge in [-0.05, 0) is 31.4 Å². The second-order valence-corrected chi connectivity index (χ2v) is 6.39. The van der Waals surface area contributed by atoms with Crippen molar-refractivity contribution in [1.29, 1.82) is 5.26 Å². The fourth-order valence-corrected chi connectivity index (χ4v) is 3.36. The van der Waals surface area contributed by atoms with Gasteiger partial charge in [-0.3, -0.25) is 9.48 Å². The van der Waals surface area contributed by atoms with Gasteiger partial charge in [0, 0.05) is 12.1 Å². The first-order chi connectivity index (χ1) is 12.7. The summed E-state index contributed by atoms with van der Waals surface area (Å²) in [4.78, 5) is 12.5. The van der Waals surface area contributed by atoms with Crippen LogP contribution in [0.2, 0.25) is 5.02 Å². The van der Waals surface area contributed by atoms with Crippen molar-refractivity contribution in [3.8, 4) is 11.9 Å². The van der Waals surface area contributed by atoms with Crippen molar-refractivity contribution in [2.45, 2.75) is 25.8 Å². The van der Waals surface area contributed by atoms with Gasteiger partial charge in [0.15, 0.2) is 11.6 Å². The Labute approximate surface area is 154 Å². The van der Waals surface area contributed by atoms with Crippen molar-refractivity contribution >= 4 is 23.3 Å². The number of hydrogen-bond donors (Lipinski definition) is 1. The number of anilines is 1. The number of rotatable bonds is 3. The fourth-order valence-electron chi connectivity index (χ4n) is 3.05. The van der Waals surface area contributed by atoms with Crippen LogP contribution in [0.1, 0.15) is 34.5 Å². The third-order valence-corrected chi connectivity index (χ3v) is 4.76. The maximum absolute atomic E-state index is 12.5. The van der Waals surface area contributed by atoms with Crippen LogP contribution in [0.3, 0.4) is 0 Å². The van der Waals surface area contributed by atoms with Gasteiger partial charge in [0.2, 0.25) is 0 Å². The summed E-state index contributed by atoms with van der Waals surface area (Å²) in [5.41, 5.74) is 1.69. The van der Waals surface area contributed by atoms with E-state index in [1.165, 1.54) is 10.9 Å². The number of aryl methyl sites for hydroxylation is 1. The highest BCUT2D eigenvalue weighted by molar-refractivity contribution is 6.33. The molecule has 3 aromatic rings. The number of halogens is 1. The van der Waals surface area contributed by atoms with Gasteiger partial charge < -0.3 is 5.32 Å². The Kier molecular flexibility index (Phi) is 4.19. The number of nitrogens with zero attached hydrogens (tertiary/aromatic N) is 5. The van der Waals surface area contributed by atoms with E-state index in [0.717, 1.165) is 31.5 Å². The lowest BCUT2D eigenvalue weighted by Crippen LogP contribution is -2.16. The zero-order valence-electron chi connectivity index (χ0n) is 13.8. The van der Waals surface area contributed by atoms with E-state index < -0.39 is 0 Å². The molecule has 1 amide bonds. The molecule has 0 unspecified atom stereocenters. The van der Waals surface area contributed by atoms with E-state index in [-0.39, 0.29) is 17.3 Å². The Bertz CT molecular complexity index is 1010. The summed E-state index contributed by atoms with van der Waals surface area (Å²) in [7, 11) is 0. The lowest BCUT2D eigenvalue weighted by molar-refractivity contribution is 0.102. The molecule has 0 saturated heterocycles. The monoisotopic (exact) mass is 366 g/mol. The molecule has 8 heteroatoms. The zero-order valence-corrected chi connectivity index (χ0v) is 14.6. The van der Waals surface area contributed by atoms with E-state index in [1.807, 2.05) is 16.8 Å². The van der Waals surface area contributed by atoms with Crippen molar-refractivity contribution < 1.29 is 4.79 Å². The smallest absolute Gasteiger partial charge is 0.256 e. The minimum Gasteiger partial charge on any atom is -0.305 e. The average Bonchev–Trinajstić information content (AvgIpc) is 3.23. The van der Waals surface area contributed by atoms with E-state index in [2.05, 4.69) is 15.5 Å². The molecule has 0 saturated carbocycles. The molecule has 130 valence electrons. The van der Waals surface area contributed by atoms with Crippen LogP contribution in [0.25, 0.3) is 5.82 Å². The van der Waals surface area contributed by atoms with Crippen LogP contribution >= 0.6 is 11.6 Å². The molecule has 1 aromatic carbocycles. The summed E-state index contributed by atoms with van der Waals surface area (Å²) < 4.78 is 3.30. The van der Waals surface area contributed by atoms with E-state index >= 15 is 0 Å². The molecule has 0 fully saturated rings. The molecule has 1 N–H and O–H groups in total. The number of hydrogen-bond acceptors (Lipinski definition) is 4. The Morgan fingerprint density at radius 2 is 2.08 bits per heavy atom. The molecular weight excluding hydrogens is 352 g/mol. The summed E-state index contributed by atoms with van der Waals surface area (Å²) in [5, 5.41) is 21.4. The van der Waals surface area contributed by atoms with Crippen LogP contribution in [0.4, 0.5) is 5.82 Å². The van der Waals surface area contributed by atoms with Crippen molar-refractivity contribution in [3.05, 3.63) is 58.4 Å². The summed E-state index contributed by atoms with van der Waals surface area (Å²) in [6.07, 6.45) is 4.36. The maximum atomic E-state index is 12.5. The number of amides is 1. The number of nitriles is 1. The Balaban J connectivity index is 1.75. The molecule has 1 aliphatic rings. The van der Waals surface area contributed by atoms with Crippen LogP contribution < -0.4 is 5.32 Å². The molecular formula is C18H15ClN6O. The van der Waals surface area contributed by atoms with Gasteiger partial charge in [-0.2, -0.15) is 20.1 Å². The molecule has 0 spiro atoms. The number of carbonyl (C=O) groups is 1. The summed E-state index contributed by atoms with van der Waals surface area (Å²) >= 11 is 6.52. The maximum Gasteiger partial charge on any atom is 0.256 e. The largest absolute Gasteiger partial charge is 0.305 e. The Morgan fingerprint density at radius 1 is 1.27 bits per heavy atom. The van der Waals surface area contributed by atoms with Gasteiger partial charge in [0.25, 0.3) is 5.91 Å². The fraction of sp³-hybridized carbons (Fsp3) is 0.222. The highest BCUT2D eigenvalue weighted by Crippen LogP contribution is 2.31. The number of aromatic nitrogens is 4. The highest BCUT2D eigenvalue weighted by Gasteiger charge is 2.24. The van der Waals surface area contributed by atoms with E-state index in [9.17, 15) is 10.1 Å². The minimum absolute atomic E-state index is 0.247. The summed E-state index contributed by atoms with van der Waals surface area (Å²) in [6, 6.07) is 10.8. The van der Waals surface area contributed by atoms with Crippen LogP contribution in [-0.2, 0) is 13.0 Å². The average molecular weight is 367 g/mol. The molecule has 0 aliphatic carbocycles. The van der Waals surface area contributed by atoms with Crippen LogP contribution in [0, 0.1) is 11.3 Å². The quantitative estimate of drug-likeness (QED) is 0.771. The van der Waals surface area contributed by atoms with Crippen molar-refractivity contribution in [3.63, 3.8) is 0 Å². The van der Waals surface area contributed by atoms with Gasteiger partial charge in [-0.1, -0.05) is 29.8 Å². The lowest BCUT2D eigenvalue weighted by atomic mass is 10.1. The molecule has 0 radical (unpaired) electrons. The third-order valence-electron chi connectivity index (χ3n) is 4.37. The van der Waals surface area contributed by atoms with Crippen LogP contribution in [-0.4, -0.2) is 25.5 Å². The first-order valence-electron chi connectivity index (χ1n) is 8.29. The van der Waals surface area contributed by atoms with E-state index in [0.29, 0.717) is 16.4 Å². The number of benzene rings is 1. The second-order valence-electron chi connectivity index (χ2n) is 6.02. The van der Waals surface area contributed by atoms with E-state index in [4.69, 9.17) is 11.6 Å². The normalized spacial score (nSPS) is 13.1. The predicted molar refractivity (Wildman–Crippen MR) is 96.4 cm³/mol. The topological polar surface area (TPSA) is 88.5 Å². The standard InChI is InChI=1S/C18H15ClN6O/c19-15-14-8-4-5-9-24(14)23-17(15)25-16(13(10-20)11-21-25)22-18(26)12-6-2-1-3-7-12/h1-3,6-7,11H,4-5,8-9H2,(H,22,26). The van der Waals surface area contributed by atoms with Gasteiger partial charge in [-0.25, -0.2) is 0 Å². The second kappa shape index (κ2) is 6.65. The zero-order chi connectivity index (χ0) is 18.1. The highest BCUT2D eigenvalue weighted by atomic mass is 35.5. The van der Waals surface area contributed by atoms with E-state index in [1.54, 1.807) is 24.3 Å². The van der Waals surface area contributed by atoms with Gasteiger partial charge >= 0.3 is 0 Å². The summed E-state index contributed by atoms with van der Waals surface area (Å²) in [5.74, 6) is 0.357. The molecule has 0 bridgehead atoms. The molecule has 7 nitrogen and oxygen atoms in total. The first-order valence-corrected chi connectivity index (χ1v) is 8.67. The Hall–Kier alpha value is -3.11. The van der Waals surface area contributed by atoms with Crippen molar-refractivity contribution in [2.75, 3.05) is 5.32 Å². The van der Waals surface area contributed by atoms with Gasteiger partial charge in [0.1, 0.15) is 16.7 Å². The SMILES string of the molecule is N#Cc1cnn(-c2nn3c(c2Cl)CCCC3)c1NC(=O)c1ccccc1. The molecule has 3 heterocycles. The van der Waals surface area contributed by atoms with Crippen LogP contribution in [0.5, 0.6) is 0 Å². The molecule has 2 aromatic heterocycles. The molecule has 0 atom stereocenters. The minimum atomic E-state index is -0.330. The van der Waals surface area contributed by atoms with Gasteiger partial charge in [-0.15, -0.1) is 0 Å². The number of fused-ring (bicyclic) bond motifs is 1. The number of carbonyl (C=O) groups excluding carboxylic acids is 1. The Morgan fingerprint density at radius 3 is 2.81 bits per heavy atom. The van der Waals surface area contributed by atoms with Crippen LogP contribution in [0.15, 0.2) is 36.5 Å². The van der Waals surface area contributed by atoms with Gasteiger partial charge in [0.05, 0.1) is 11.9 Å². The van der Waals surface area contributed by atoms with Crippen molar-refractivity contribution in [2.24, 2.45) is 0 Å². The predicted octanol–water partition coefficient (Wildman–Crippen LogP) is 3.18. The summed E-state index contributed by atoms with van der Waals surface area (Å²) in [6.45, 7) is 0.799. The third kappa shape index (κ3) is 2.74. The molecule has 1 aliphatic heterocycles.